The van der Waals surface area contributed by atoms with Crippen LogP contribution in [0.25, 0.3) is 0 Å². The number of benzene rings is 1. The van der Waals surface area contributed by atoms with Gasteiger partial charge in [0.05, 0.1) is 0 Å². The minimum Gasteiger partial charge on any atom is -0.481 e. The molecule has 1 aromatic carbocycles. The highest BCUT2D eigenvalue weighted by Crippen LogP contribution is 2.22. The number of carbonyl (C=O) groups is 2. The summed E-state index contributed by atoms with van der Waals surface area (Å²) >= 11 is 0. The second kappa shape index (κ2) is 6.50. The van der Waals surface area contributed by atoms with Gasteiger partial charge in [-0.1, -0.05) is 6.07 Å². The van der Waals surface area contributed by atoms with Crippen LogP contribution in [0.3, 0.4) is 0 Å². The van der Waals surface area contributed by atoms with Crippen molar-refractivity contribution in [2.24, 2.45) is 5.92 Å². The zero-order chi connectivity index (χ0) is 14.5. The van der Waals surface area contributed by atoms with Crippen molar-refractivity contribution >= 4 is 11.9 Å². The summed E-state index contributed by atoms with van der Waals surface area (Å²) in [4.78, 5) is 24.6. The average Bonchev–Trinajstić information content (AvgIpc) is 2.44. The summed E-state index contributed by atoms with van der Waals surface area (Å²) in [5, 5.41) is 8.71. The lowest BCUT2D eigenvalue weighted by atomic mass is 9.93. The number of rotatable bonds is 4. The Morgan fingerprint density at radius 1 is 1.40 bits per heavy atom. The first-order valence-corrected chi connectivity index (χ1v) is 6.83. The van der Waals surface area contributed by atoms with Crippen molar-refractivity contribution in [1.82, 2.24) is 4.90 Å². The van der Waals surface area contributed by atoms with Gasteiger partial charge in [-0.25, -0.2) is 4.39 Å². The molecule has 1 aromatic rings. The third kappa shape index (κ3) is 3.79. The molecule has 5 heteroatoms. The third-order valence-corrected chi connectivity index (χ3v) is 3.64. The van der Waals surface area contributed by atoms with E-state index in [9.17, 15) is 14.0 Å². The lowest BCUT2D eigenvalue weighted by Crippen LogP contribution is -2.40. The third-order valence-electron chi connectivity index (χ3n) is 3.64. The molecule has 1 N–H and O–H groups in total. The van der Waals surface area contributed by atoms with Gasteiger partial charge in [0.25, 0.3) is 5.91 Å². The fourth-order valence-electron chi connectivity index (χ4n) is 2.62. The molecule has 108 valence electrons. The molecule has 1 aliphatic rings. The number of piperidine rings is 1. The molecule has 0 aliphatic carbocycles. The van der Waals surface area contributed by atoms with Gasteiger partial charge < -0.3 is 10.0 Å². The minimum absolute atomic E-state index is 0.132. The van der Waals surface area contributed by atoms with Gasteiger partial charge in [-0.05, 0) is 43.4 Å². The first kappa shape index (κ1) is 14.5. The second-order valence-corrected chi connectivity index (χ2v) is 5.20. The van der Waals surface area contributed by atoms with Crippen molar-refractivity contribution in [2.45, 2.75) is 25.7 Å². The molecule has 0 bridgehead atoms. The molecule has 1 aliphatic heterocycles. The quantitative estimate of drug-likeness (QED) is 0.921. The van der Waals surface area contributed by atoms with Crippen LogP contribution in [0.4, 0.5) is 4.39 Å². The van der Waals surface area contributed by atoms with Gasteiger partial charge in [-0.2, -0.15) is 0 Å². The van der Waals surface area contributed by atoms with Gasteiger partial charge in [0.15, 0.2) is 0 Å². The van der Waals surface area contributed by atoms with Crippen molar-refractivity contribution in [3.63, 3.8) is 0 Å². The molecule has 1 heterocycles. The molecule has 0 saturated carbocycles. The summed E-state index contributed by atoms with van der Waals surface area (Å²) in [5.41, 5.74) is 0.351. The number of nitrogens with zero attached hydrogens (tertiary/aromatic N) is 1. The highest BCUT2D eigenvalue weighted by molar-refractivity contribution is 5.94. The van der Waals surface area contributed by atoms with Crippen molar-refractivity contribution in [2.75, 3.05) is 13.1 Å². The molecule has 0 radical (unpaired) electrons. The average molecular weight is 279 g/mol. The second-order valence-electron chi connectivity index (χ2n) is 5.20. The number of carboxylic acids is 1. The van der Waals surface area contributed by atoms with Crippen LogP contribution in [0, 0.1) is 11.7 Å². The fraction of sp³-hybridized carbons (Fsp3) is 0.467. The van der Waals surface area contributed by atoms with E-state index in [0.29, 0.717) is 25.1 Å². The molecule has 1 fully saturated rings. The van der Waals surface area contributed by atoms with Crippen LogP contribution in [0.1, 0.15) is 36.0 Å². The number of carbonyl (C=O) groups excluding carboxylic acids is 1. The van der Waals surface area contributed by atoms with Crippen LogP contribution in [0.2, 0.25) is 0 Å². The SMILES string of the molecule is O=C(O)CC[C@@H]1CCCN(C(=O)c2cccc(F)c2)C1. The van der Waals surface area contributed by atoms with Crippen molar-refractivity contribution in [3.8, 4) is 0 Å². The monoisotopic (exact) mass is 279 g/mol. The normalized spacial score (nSPS) is 18.9. The maximum atomic E-state index is 13.1. The minimum atomic E-state index is -0.807. The van der Waals surface area contributed by atoms with E-state index in [1.807, 2.05) is 0 Å². The molecule has 2 rings (SSSR count). The van der Waals surface area contributed by atoms with E-state index in [1.165, 1.54) is 18.2 Å². The van der Waals surface area contributed by atoms with E-state index in [1.54, 1.807) is 11.0 Å². The van der Waals surface area contributed by atoms with Gasteiger partial charge in [0.1, 0.15) is 5.82 Å². The number of hydrogen-bond acceptors (Lipinski definition) is 2. The van der Waals surface area contributed by atoms with Crippen LogP contribution < -0.4 is 0 Å². The Morgan fingerprint density at radius 2 is 2.20 bits per heavy atom. The predicted octanol–water partition coefficient (Wildman–Crippen LogP) is 2.54. The molecular weight excluding hydrogens is 261 g/mol. The highest BCUT2D eigenvalue weighted by Gasteiger charge is 2.24. The maximum absolute atomic E-state index is 13.1. The molecular formula is C15H18FNO3. The van der Waals surface area contributed by atoms with Crippen molar-refractivity contribution < 1.29 is 19.1 Å². The smallest absolute Gasteiger partial charge is 0.303 e. The van der Waals surface area contributed by atoms with E-state index in [2.05, 4.69) is 0 Å². The fourth-order valence-corrected chi connectivity index (χ4v) is 2.62. The zero-order valence-corrected chi connectivity index (χ0v) is 11.2. The molecule has 1 saturated heterocycles. The Bertz CT molecular complexity index is 504. The van der Waals surface area contributed by atoms with E-state index in [-0.39, 0.29) is 18.2 Å². The Kier molecular flexibility index (Phi) is 4.71. The van der Waals surface area contributed by atoms with Crippen molar-refractivity contribution in [1.29, 1.82) is 0 Å². The van der Waals surface area contributed by atoms with Gasteiger partial charge in [0, 0.05) is 25.1 Å². The lowest BCUT2D eigenvalue weighted by Gasteiger charge is -2.32. The maximum Gasteiger partial charge on any atom is 0.303 e. The van der Waals surface area contributed by atoms with E-state index >= 15 is 0 Å². The van der Waals surface area contributed by atoms with E-state index in [4.69, 9.17) is 5.11 Å². The topological polar surface area (TPSA) is 57.6 Å². The highest BCUT2D eigenvalue weighted by atomic mass is 19.1. The molecule has 0 spiro atoms. The largest absolute Gasteiger partial charge is 0.481 e. The molecule has 1 amide bonds. The number of carboxylic acid groups (broad SMARTS) is 1. The lowest BCUT2D eigenvalue weighted by molar-refractivity contribution is -0.137. The zero-order valence-electron chi connectivity index (χ0n) is 11.2. The summed E-state index contributed by atoms with van der Waals surface area (Å²) in [5.74, 6) is -1.18. The summed E-state index contributed by atoms with van der Waals surface area (Å²) in [6, 6.07) is 5.67. The Balaban J connectivity index is 1.98. The van der Waals surface area contributed by atoms with Crippen LogP contribution >= 0.6 is 0 Å². The van der Waals surface area contributed by atoms with Crippen LogP contribution in [-0.2, 0) is 4.79 Å². The molecule has 0 unspecified atom stereocenters. The first-order valence-electron chi connectivity index (χ1n) is 6.83. The van der Waals surface area contributed by atoms with Crippen LogP contribution in [-0.4, -0.2) is 35.0 Å². The number of hydrogen-bond donors (Lipinski definition) is 1. The van der Waals surface area contributed by atoms with E-state index < -0.39 is 11.8 Å². The standard InChI is InChI=1S/C15H18FNO3/c16-13-5-1-4-12(9-13)15(20)17-8-2-3-11(10-17)6-7-14(18)19/h1,4-5,9,11H,2-3,6-8,10H2,(H,18,19)/t11-/m0/s1. The molecule has 20 heavy (non-hydrogen) atoms. The summed E-state index contributed by atoms with van der Waals surface area (Å²) in [7, 11) is 0. The Morgan fingerprint density at radius 3 is 2.90 bits per heavy atom. The number of aliphatic carboxylic acids is 1. The number of amides is 1. The summed E-state index contributed by atoms with van der Waals surface area (Å²) in [6.45, 7) is 1.21. The summed E-state index contributed by atoms with van der Waals surface area (Å²) in [6.07, 6.45) is 2.53. The van der Waals surface area contributed by atoms with Crippen molar-refractivity contribution in [3.05, 3.63) is 35.6 Å². The predicted molar refractivity (Wildman–Crippen MR) is 71.9 cm³/mol. The van der Waals surface area contributed by atoms with Crippen LogP contribution in [0.15, 0.2) is 24.3 Å². The van der Waals surface area contributed by atoms with Gasteiger partial charge in [-0.3, -0.25) is 9.59 Å². The number of halogens is 1. The summed E-state index contributed by atoms with van der Waals surface area (Å²) < 4.78 is 13.1. The Labute approximate surface area is 117 Å². The molecule has 1 atom stereocenters. The number of likely N-dealkylation sites (tertiary alicyclic amines) is 1. The van der Waals surface area contributed by atoms with Gasteiger partial charge >= 0.3 is 5.97 Å². The Hall–Kier alpha value is -1.91. The van der Waals surface area contributed by atoms with E-state index in [0.717, 1.165) is 12.8 Å². The van der Waals surface area contributed by atoms with Gasteiger partial charge in [0.2, 0.25) is 0 Å². The first-order chi connectivity index (χ1) is 9.56. The van der Waals surface area contributed by atoms with Gasteiger partial charge in [-0.15, -0.1) is 0 Å². The van der Waals surface area contributed by atoms with Crippen LogP contribution in [0.5, 0.6) is 0 Å². The molecule has 4 nitrogen and oxygen atoms in total. The molecule has 0 aromatic heterocycles.